The number of ketones is 1. The number of aryl methyl sites for hydroxylation is 2. The Morgan fingerprint density at radius 3 is 2.39 bits per heavy atom. The van der Waals surface area contributed by atoms with Gasteiger partial charge in [0.1, 0.15) is 11.6 Å². The number of halogens is 3. The molecule has 0 amide bonds. The van der Waals surface area contributed by atoms with Crippen LogP contribution in [0.4, 0.5) is 24.7 Å². The van der Waals surface area contributed by atoms with E-state index in [4.69, 9.17) is 5.10 Å². The third-order valence-corrected chi connectivity index (χ3v) is 5.76. The quantitative estimate of drug-likeness (QED) is 0.259. The molecule has 0 fully saturated rings. The first-order valence-electron chi connectivity index (χ1n) is 11.5. The average molecular weight is 524 g/mol. The van der Waals surface area contributed by atoms with Gasteiger partial charge in [0.05, 0.1) is 16.9 Å². The van der Waals surface area contributed by atoms with Crippen LogP contribution in [-0.4, -0.2) is 38.0 Å². The van der Waals surface area contributed by atoms with Crippen molar-refractivity contribution in [3.8, 4) is 22.7 Å². The fourth-order valence-electron chi connectivity index (χ4n) is 3.99. The van der Waals surface area contributed by atoms with Gasteiger partial charge in [0.15, 0.2) is 11.6 Å². The first kappa shape index (κ1) is 26.4. The van der Waals surface area contributed by atoms with E-state index in [9.17, 15) is 27.9 Å². The van der Waals surface area contributed by atoms with E-state index in [1.54, 1.807) is 36.5 Å². The minimum atomic E-state index is -4.98. The van der Waals surface area contributed by atoms with E-state index in [0.29, 0.717) is 40.4 Å². The lowest BCUT2D eigenvalue weighted by molar-refractivity contribution is -0.274. The van der Waals surface area contributed by atoms with Gasteiger partial charge in [-0.2, -0.15) is 9.78 Å². The Labute approximate surface area is 215 Å². The maximum absolute atomic E-state index is 12.7. The highest BCUT2D eigenvalue weighted by Crippen LogP contribution is 2.38. The molecular formula is C27H23F3N4O4. The lowest BCUT2D eigenvalue weighted by atomic mass is 10.0. The number of aromatic nitrogens is 3. The topological polar surface area (TPSA) is 106 Å². The summed E-state index contributed by atoms with van der Waals surface area (Å²) in [5.41, 5.74) is 2.86. The third-order valence-electron chi connectivity index (χ3n) is 5.76. The van der Waals surface area contributed by atoms with E-state index in [2.05, 4.69) is 15.0 Å². The fourth-order valence-corrected chi connectivity index (χ4v) is 3.99. The SMILES string of the molecule is CCc1nn(-c2ncccc2C)c(Nc2ccc(OC(F)(F)F)cc2C(=O)O)c1-c1ccc(C(C)=O)cc1. The van der Waals surface area contributed by atoms with E-state index in [1.807, 2.05) is 19.9 Å². The number of aromatic carboxylic acids is 1. The zero-order valence-corrected chi connectivity index (χ0v) is 20.6. The molecule has 0 aliphatic rings. The van der Waals surface area contributed by atoms with Gasteiger partial charge in [-0.25, -0.2) is 9.78 Å². The lowest BCUT2D eigenvalue weighted by Crippen LogP contribution is -2.17. The Bertz CT molecular complexity index is 1510. The fraction of sp³-hybridized carbons (Fsp3) is 0.185. The van der Waals surface area contributed by atoms with Crippen LogP contribution >= 0.6 is 0 Å². The largest absolute Gasteiger partial charge is 0.573 e. The van der Waals surface area contributed by atoms with Crippen molar-refractivity contribution < 1.29 is 32.6 Å². The highest BCUT2D eigenvalue weighted by Gasteiger charge is 2.32. The molecule has 11 heteroatoms. The molecular weight excluding hydrogens is 501 g/mol. The van der Waals surface area contributed by atoms with E-state index >= 15 is 0 Å². The number of nitrogens with one attached hydrogen (secondary N) is 1. The van der Waals surface area contributed by atoms with Gasteiger partial charge in [0, 0.05) is 17.3 Å². The molecule has 2 N–H and O–H groups in total. The van der Waals surface area contributed by atoms with Crippen molar-refractivity contribution in [2.75, 3.05) is 5.32 Å². The van der Waals surface area contributed by atoms with Crippen LogP contribution < -0.4 is 10.1 Å². The minimum absolute atomic E-state index is 0.0195. The number of carboxylic acids is 1. The van der Waals surface area contributed by atoms with Crippen LogP contribution in [0.15, 0.2) is 60.8 Å². The molecule has 196 valence electrons. The van der Waals surface area contributed by atoms with E-state index in [-0.39, 0.29) is 11.5 Å². The van der Waals surface area contributed by atoms with Crippen LogP contribution in [0.1, 0.15) is 45.8 Å². The molecule has 2 heterocycles. The number of ether oxygens (including phenoxy) is 1. The van der Waals surface area contributed by atoms with Gasteiger partial charge < -0.3 is 15.2 Å². The van der Waals surface area contributed by atoms with Gasteiger partial charge in [0.2, 0.25) is 0 Å². The van der Waals surface area contributed by atoms with Crippen LogP contribution in [0.5, 0.6) is 5.75 Å². The summed E-state index contributed by atoms with van der Waals surface area (Å²) in [6.07, 6.45) is -2.89. The molecule has 2 aromatic heterocycles. The summed E-state index contributed by atoms with van der Waals surface area (Å²) in [5.74, 6) is -1.39. The van der Waals surface area contributed by atoms with Gasteiger partial charge in [-0.3, -0.25) is 4.79 Å². The summed E-state index contributed by atoms with van der Waals surface area (Å²) in [4.78, 5) is 28.2. The number of pyridine rings is 1. The molecule has 4 aromatic rings. The van der Waals surface area contributed by atoms with Crippen molar-refractivity contribution >= 4 is 23.3 Å². The Morgan fingerprint density at radius 1 is 1.11 bits per heavy atom. The van der Waals surface area contributed by atoms with Crippen LogP contribution in [0, 0.1) is 6.92 Å². The van der Waals surface area contributed by atoms with Gasteiger partial charge >= 0.3 is 12.3 Å². The maximum atomic E-state index is 12.7. The molecule has 4 rings (SSSR count). The van der Waals surface area contributed by atoms with Gasteiger partial charge in [0.25, 0.3) is 0 Å². The van der Waals surface area contributed by atoms with Crippen molar-refractivity contribution in [3.63, 3.8) is 0 Å². The number of hydrogen-bond acceptors (Lipinski definition) is 6. The summed E-state index contributed by atoms with van der Waals surface area (Å²) in [6.45, 7) is 5.20. The third kappa shape index (κ3) is 5.51. The zero-order valence-electron chi connectivity index (χ0n) is 20.6. The first-order valence-corrected chi connectivity index (χ1v) is 11.5. The number of rotatable bonds is 8. The van der Waals surface area contributed by atoms with Crippen molar-refractivity contribution in [1.29, 1.82) is 0 Å². The predicted octanol–water partition coefficient (Wildman–Crippen LogP) is 6.35. The minimum Gasteiger partial charge on any atom is -0.478 e. The zero-order chi connectivity index (χ0) is 27.6. The smallest absolute Gasteiger partial charge is 0.478 e. The summed E-state index contributed by atoms with van der Waals surface area (Å²) >= 11 is 0. The molecule has 0 saturated carbocycles. The number of carbonyl (C=O) groups excluding carboxylic acids is 1. The molecule has 0 bridgehead atoms. The molecule has 0 atom stereocenters. The number of Topliss-reactive ketones (excluding diaryl/α,β-unsaturated/α-hetero) is 1. The van der Waals surface area contributed by atoms with Gasteiger partial charge in [-0.1, -0.05) is 37.3 Å². The molecule has 0 saturated heterocycles. The highest BCUT2D eigenvalue weighted by molar-refractivity contribution is 5.97. The Morgan fingerprint density at radius 2 is 1.82 bits per heavy atom. The van der Waals surface area contributed by atoms with Crippen molar-refractivity contribution in [3.05, 3.63) is 83.2 Å². The molecule has 0 radical (unpaired) electrons. The van der Waals surface area contributed by atoms with E-state index in [1.165, 1.54) is 17.7 Å². The predicted molar refractivity (Wildman–Crippen MR) is 134 cm³/mol. The van der Waals surface area contributed by atoms with Crippen LogP contribution in [0.25, 0.3) is 16.9 Å². The lowest BCUT2D eigenvalue weighted by Gasteiger charge is -2.16. The molecule has 2 aromatic carbocycles. The standard InChI is InChI=1S/C27H23F3N4O4/c1-4-21-23(18-9-7-17(8-10-18)16(3)35)25(34(33-21)24-15(2)6-5-13-31-24)32-22-12-11-19(38-27(28,29)30)14-20(22)26(36)37/h5-14,32H,4H2,1-3H3,(H,36,37). The summed E-state index contributed by atoms with van der Waals surface area (Å²) < 4.78 is 43.6. The Kier molecular flexibility index (Phi) is 7.20. The molecule has 8 nitrogen and oxygen atoms in total. The van der Waals surface area contributed by atoms with E-state index < -0.39 is 23.6 Å². The normalized spacial score (nSPS) is 11.3. The monoisotopic (exact) mass is 524 g/mol. The molecule has 38 heavy (non-hydrogen) atoms. The van der Waals surface area contributed by atoms with Crippen molar-refractivity contribution in [2.24, 2.45) is 0 Å². The number of carbonyl (C=O) groups is 2. The molecule has 0 unspecified atom stereocenters. The number of anilines is 2. The van der Waals surface area contributed by atoms with Crippen LogP contribution in [0.3, 0.4) is 0 Å². The second-order valence-electron chi connectivity index (χ2n) is 8.40. The maximum Gasteiger partial charge on any atom is 0.573 e. The number of carboxylic acid groups (broad SMARTS) is 1. The Balaban J connectivity index is 1.93. The van der Waals surface area contributed by atoms with E-state index in [0.717, 1.165) is 17.7 Å². The summed E-state index contributed by atoms with van der Waals surface area (Å²) in [6, 6.07) is 13.5. The molecule has 0 aliphatic carbocycles. The Hall–Kier alpha value is -4.67. The highest BCUT2D eigenvalue weighted by atomic mass is 19.4. The van der Waals surface area contributed by atoms with Crippen LogP contribution in [0.2, 0.25) is 0 Å². The number of alkyl halides is 3. The average Bonchev–Trinajstić information content (AvgIpc) is 3.22. The van der Waals surface area contributed by atoms with Gasteiger partial charge in [-0.15, -0.1) is 13.2 Å². The van der Waals surface area contributed by atoms with Gasteiger partial charge in [-0.05, 0) is 55.7 Å². The summed E-state index contributed by atoms with van der Waals surface area (Å²) in [7, 11) is 0. The second-order valence-corrected chi connectivity index (χ2v) is 8.40. The first-order chi connectivity index (χ1) is 18.0. The van der Waals surface area contributed by atoms with Crippen LogP contribution in [-0.2, 0) is 6.42 Å². The van der Waals surface area contributed by atoms with Crippen molar-refractivity contribution in [2.45, 2.75) is 33.6 Å². The number of nitrogens with zero attached hydrogens (tertiary/aromatic N) is 3. The molecule has 0 spiro atoms. The number of benzene rings is 2. The summed E-state index contributed by atoms with van der Waals surface area (Å²) in [5, 5.41) is 17.6. The second kappa shape index (κ2) is 10.4. The van der Waals surface area contributed by atoms with Crippen molar-refractivity contribution in [1.82, 2.24) is 14.8 Å². The number of hydrogen-bond donors (Lipinski definition) is 2. The molecule has 0 aliphatic heterocycles.